The van der Waals surface area contributed by atoms with Crippen molar-refractivity contribution >= 4 is 11.8 Å². The quantitative estimate of drug-likeness (QED) is 0.569. The molecular formula is C23H30N2O5. The second-order valence-corrected chi connectivity index (χ2v) is 10.1. The van der Waals surface area contributed by atoms with Crippen LogP contribution in [0.4, 0.5) is 0 Å². The van der Waals surface area contributed by atoms with Gasteiger partial charge in [-0.3, -0.25) is 9.59 Å². The van der Waals surface area contributed by atoms with Gasteiger partial charge in [-0.2, -0.15) is 0 Å². The van der Waals surface area contributed by atoms with Crippen molar-refractivity contribution < 1.29 is 24.9 Å². The first-order chi connectivity index (χ1) is 14.3. The number of nitrogens with zero attached hydrogens (tertiary/aromatic N) is 1. The van der Waals surface area contributed by atoms with Crippen LogP contribution in [0, 0.1) is 23.2 Å². The number of carbonyl (C=O) groups excluding carboxylic acids is 2. The van der Waals surface area contributed by atoms with Crippen molar-refractivity contribution in [1.82, 2.24) is 10.2 Å². The molecule has 0 aromatic heterocycles. The first-order valence-corrected chi connectivity index (χ1v) is 11.2. The zero-order valence-electron chi connectivity index (χ0n) is 17.1. The van der Waals surface area contributed by atoms with Gasteiger partial charge in [-0.25, -0.2) is 0 Å². The molecule has 0 radical (unpaired) electrons. The van der Waals surface area contributed by atoms with E-state index in [0.717, 1.165) is 49.1 Å². The summed E-state index contributed by atoms with van der Waals surface area (Å²) in [6.45, 7) is 1.30. The lowest BCUT2D eigenvalue weighted by Crippen LogP contribution is -2.56. The first-order valence-electron chi connectivity index (χ1n) is 11.2. The highest BCUT2D eigenvalue weighted by atomic mass is 16.3. The summed E-state index contributed by atoms with van der Waals surface area (Å²) >= 11 is 0. The van der Waals surface area contributed by atoms with E-state index < -0.39 is 23.2 Å². The third kappa shape index (κ3) is 3.28. The number of benzene rings is 1. The van der Waals surface area contributed by atoms with E-state index in [0.29, 0.717) is 31.8 Å². The molecule has 0 spiro atoms. The van der Waals surface area contributed by atoms with Crippen LogP contribution in [-0.2, 0) is 4.79 Å². The van der Waals surface area contributed by atoms with E-state index in [2.05, 4.69) is 5.32 Å². The van der Waals surface area contributed by atoms with Gasteiger partial charge < -0.3 is 25.5 Å². The van der Waals surface area contributed by atoms with Crippen molar-refractivity contribution in [3.63, 3.8) is 0 Å². The Morgan fingerprint density at radius 1 is 0.900 bits per heavy atom. The number of amides is 2. The molecule has 1 aromatic carbocycles. The lowest BCUT2D eigenvalue weighted by Gasteiger charge is -2.57. The molecule has 1 heterocycles. The van der Waals surface area contributed by atoms with Crippen LogP contribution >= 0.6 is 0 Å². The molecule has 0 atom stereocenters. The topological polar surface area (TPSA) is 110 Å². The Bertz CT molecular complexity index is 816. The summed E-state index contributed by atoms with van der Waals surface area (Å²) in [4.78, 5) is 28.0. The van der Waals surface area contributed by atoms with Crippen LogP contribution in [0.15, 0.2) is 12.1 Å². The van der Waals surface area contributed by atoms with Gasteiger partial charge >= 0.3 is 0 Å². The minimum absolute atomic E-state index is 0.0593. The zero-order valence-corrected chi connectivity index (χ0v) is 17.1. The molecule has 5 fully saturated rings. The number of piperidine rings is 1. The summed E-state index contributed by atoms with van der Waals surface area (Å²) in [6, 6.07) is 2.21. The Hall–Kier alpha value is -2.44. The molecule has 6 rings (SSSR count). The highest BCUT2D eigenvalue weighted by molar-refractivity contribution is 5.95. The monoisotopic (exact) mass is 414 g/mol. The van der Waals surface area contributed by atoms with E-state index in [1.807, 2.05) is 4.90 Å². The molecule has 30 heavy (non-hydrogen) atoms. The van der Waals surface area contributed by atoms with Crippen LogP contribution in [0.1, 0.15) is 61.7 Å². The summed E-state index contributed by atoms with van der Waals surface area (Å²) in [7, 11) is 0. The summed E-state index contributed by atoms with van der Waals surface area (Å²) in [6.07, 6.45) is 8.57. The minimum Gasteiger partial charge on any atom is -0.504 e. The van der Waals surface area contributed by atoms with Crippen LogP contribution in [0.3, 0.4) is 0 Å². The molecule has 7 nitrogen and oxygen atoms in total. The first kappa shape index (κ1) is 19.5. The van der Waals surface area contributed by atoms with E-state index in [-0.39, 0.29) is 17.0 Å². The molecule has 4 aliphatic carbocycles. The molecule has 1 aliphatic heterocycles. The lowest BCUT2D eigenvalue weighted by molar-refractivity contribution is -0.158. The number of hydrogen-bond acceptors (Lipinski definition) is 5. The van der Waals surface area contributed by atoms with Gasteiger partial charge in [0.05, 0.1) is 5.41 Å². The molecule has 1 saturated heterocycles. The smallest absolute Gasteiger partial charge is 0.251 e. The number of phenolic OH excluding ortho intramolecular Hbond substituents is 3. The molecular weight excluding hydrogens is 384 g/mol. The SMILES string of the molecule is O=C(NC1CCN(C(=O)C23CC4CC(CC(C4)C2)C3)CC1)c1cc(O)c(O)c(O)c1. The predicted molar refractivity (Wildman–Crippen MR) is 109 cm³/mol. The Labute approximate surface area is 176 Å². The van der Waals surface area contributed by atoms with Crippen molar-refractivity contribution in [3.05, 3.63) is 17.7 Å². The molecule has 0 unspecified atom stereocenters. The van der Waals surface area contributed by atoms with E-state index in [4.69, 9.17) is 0 Å². The molecule has 7 heteroatoms. The van der Waals surface area contributed by atoms with Crippen molar-refractivity contribution in [2.75, 3.05) is 13.1 Å². The predicted octanol–water partition coefficient (Wildman–Crippen LogP) is 2.74. The number of likely N-dealkylation sites (tertiary alicyclic amines) is 1. The number of aromatic hydroxyl groups is 3. The molecule has 162 valence electrons. The van der Waals surface area contributed by atoms with E-state index in [1.54, 1.807) is 0 Å². The standard InChI is InChI=1S/C23H30N2O5/c26-18-8-16(9-19(27)20(18)28)21(29)24-17-1-3-25(4-2-17)22(30)23-10-13-5-14(11-23)7-15(6-13)12-23/h8-9,13-15,17,26-28H,1-7,10-12H2,(H,24,29). The van der Waals surface area contributed by atoms with Crippen molar-refractivity contribution in [2.24, 2.45) is 23.2 Å². The summed E-state index contributed by atoms with van der Waals surface area (Å²) in [5.41, 5.74) is -0.0266. The molecule has 1 aromatic rings. The van der Waals surface area contributed by atoms with Crippen LogP contribution in [-0.4, -0.2) is 51.2 Å². The maximum Gasteiger partial charge on any atom is 0.251 e. The van der Waals surface area contributed by atoms with Gasteiger partial charge in [0.1, 0.15) is 0 Å². The van der Waals surface area contributed by atoms with Crippen LogP contribution in [0.2, 0.25) is 0 Å². The molecule has 4 bridgehead atoms. The van der Waals surface area contributed by atoms with Crippen molar-refractivity contribution in [2.45, 2.75) is 57.4 Å². The highest BCUT2D eigenvalue weighted by Gasteiger charge is 2.55. The molecule has 2 amide bonds. The van der Waals surface area contributed by atoms with E-state index in [1.165, 1.54) is 19.3 Å². The molecule has 4 N–H and O–H groups in total. The largest absolute Gasteiger partial charge is 0.504 e. The van der Waals surface area contributed by atoms with E-state index in [9.17, 15) is 24.9 Å². The van der Waals surface area contributed by atoms with E-state index >= 15 is 0 Å². The number of rotatable bonds is 3. The second-order valence-electron chi connectivity index (χ2n) is 10.1. The molecule has 4 saturated carbocycles. The Kier molecular flexibility index (Phi) is 4.60. The third-order valence-corrected chi connectivity index (χ3v) is 7.94. The number of phenols is 3. The van der Waals surface area contributed by atoms with Crippen LogP contribution < -0.4 is 5.32 Å². The molecule has 5 aliphatic rings. The fraction of sp³-hybridized carbons (Fsp3) is 0.652. The average Bonchev–Trinajstić information content (AvgIpc) is 2.70. The lowest BCUT2D eigenvalue weighted by atomic mass is 9.49. The maximum absolute atomic E-state index is 13.5. The van der Waals surface area contributed by atoms with Gasteiger partial charge in [0.2, 0.25) is 5.91 Å². The minimum atomic E-state index is -0.636. The summed E-state index contributed by atoms with van der Waals surface area (Å²) in [5.74, 6) is 0.474. The second kappa shape index (κ2) is 7.06. The van der Waals surface area contributed by atoms with Gasteiger partial charge in [-0.15, -0.1) is 0 Å². The summed E-state index contributed by atoms with van der Waals surface area (Å²) < 4.78 is 0. The van der Waals surface area contributed by atoms with Gasteiger partial charge in [0.15, 0.2) is 17.2 Å². The Balaban J connectivity index is 1.19. The van der Waals surface area contributed by atoms with Gasteiger partial charge in [-0.05, 0) is 81.3 Å². The van der Waals surface area contributed by atoms with Gasteiger partial charge in [0, 0.05) is 24.7 Å². The fourth-order valence-electron chi connectivity index (χ4n) is 6.94. The Morgan fingerprint density at radius 3 is 1.90 bits per heavy atom. The maximum atomic E-state index is 13.5. The fourth-order valence-corrected chi connectivity index (χ4v) is 6.94. The van der Waals surface area contributed by atoms with Crippen molar-refractivity contribution in [1.29, 1.82) is 0 Å². The average molecular weight is 415 g/mol. The number of hydrogen-bond donors (Lipinski definition) is 4. The van der Waals surface area contributed by atoms with Gasteiger partial charge in [0.25, 0.3) is 5.91 Å². The zero-order chi connectivity index (χ0) is 21.0. The number of carbonyl (C=O) groups is 2. The van der Waals surface area contributed by atoms with Crippen LogP contribution in [0.25, 0.3) is 0 Å². The summed E-state index contributed by atoms with van der Waals surface area (Å²) in [5, 5.41) is 31.6. The van der Waals surface area contributed by atoms with Gasteiger partial charge in [-0.1, -0.05) is 0 Å². The normalized spacial score (nSPS) is 32.9. The Morgan fingerprint density at radius 2 is 1.40 bits per heavy atom. The van der Waals surface area contributed by atoms with Crippen molar-refractivity contribution in [3.8, 4) is 17.2 Å². The third-order valence-electron chi connectivity index (χ3n) is 7.94. The highest BCUT2D eigenvalue weighted by Crippen LogP contribution is 2.60. The van der Waals surface area contributed by atoms with Crippen LogP contribution in [0.5, 0.6) is 17.2 Å². The number of nitrogens with one attached hydrogen (secondary N) is 1.